The Labute approximate surface area is 151 Å². The lowest BCUT2D eigenvalue weighted by molar-refractivity contribution is -0.148. The molecule has 144 valence electrons. The molecule has 26 heavy (non-hydrogen) atoms. The van der Waals surface area contributed by atoms with Crippen LogP contribution in [0.25, 0.3) is 0 Å². The quantitative estimate of drug-likeness (QED) is 0.866. The van der Waals surface area contributed by atoms with Crippen LogP contribution in [0.2, 0.25) is 0 Å². The molecule has 1 N–H and O–H groups in total. The Morgan fingerprint density at radius 3 is 2.54 bits per heavy atom. The van der Waals surface area contributed by atoms with Crippen LogP contribution < -0.4 is 5.32 Å². The summed E-state index contributed by atoms with van der Waals surface area (Å²) in [6.07, 6.45) is 0.823. The number of amides is 1. The Bertz CT molecular complexity index is 652. The van der Waals surface area contributed by atoms with Crippen molar-refractivity contribution in [3.8, 4) is 0 Å². The number of alkyl halides is 3. The summed E-state index contributed by atoms with van der Waals surface area (Å²) in [4.78, 5) is 22.7. The van der Waals surface area contributed by atoms with E-state index in [-0.39, 0.29) is 17.9 Å². The third-order valence-corrected chi connectivity index (χ3v) is 5.25. The highest BCUT2D eigenvalue weighted by molar-refractivity contribution is 5.95. The lowest BCUT2D eigenvalue weighted by atomic mass is 9.90. The SMILES string of the molecule is Cc1ncc(C(=O)NC(C)C2CCN(CC(F)(F)F)CC2)c(C2CC2)n1. The molecule has 0 radical (unpaired) electrons. The van der Waals surface area contributed by atoms with Gasteiger partial charge in [0.05, 0.1) is 17.8 Å². The molecule has 1 atom stereocenters. The third kappa shape index (κ3) is 4.93. The number of aromatic nitrogens is 2. The summed E-state index contributed by atoms with van der Waals surface area (Å²) in [7, 11) is 0. The first-order valence-corrected chi connectivity index (χ1v) is 9.16. The predicted molar refractivity (Wildman–Crippen MR) is 90.9 cm³/mol. The first kappa shape index (κ1) is 19.1. The number of carbonyl (C=O) groups is 1. The lowest BCUT2D eigenvalue weighted by Gasteiger charge is -2.35. The van der Waals surface area contributed by atoms with E-state index < -0.39 is 12.7 Å². The van der Waals surface area contributed by atoms with E-state index in [9.17, 15) is 18.0 Å². The molecule has 1 amide bonds. The predicted octanol–water partition coefficient (Wildman–Crippen LogP) is 3.06. The van der Waals surface area contributed by atoms with Crippen molar-refractivity contribution in [3.63, 3.8) is 0 Å². The van der Waals surface area contributed by atoms with E-state index in [4.69, 9.17) is 0 Å². The molecule has 0 spiro atoms. The molecule has 1 saturated carbocycles. The molecule has 2 fully saturated rings. The molecule has 0 aromatic carbocycles. The zero-order valence-electron chi connectivity index (χ0n) is 15.1. The first-order chi connectivity index (χ1) is 12.2. The van der Waals surface area contributed by atoms with Gasteiger partial charge in [-0.15, -0.1) is 0 Å². The second-order valence-electron chi connectivity index (χ2n) is 7.48. The summed E-state index contributed by atoms with van der Waals surface area (Å²) in [5.41, 5.74) is 1.35. The van der Waals surface area contributed by atoms with Crippen molar-refractivity contribution >= 4 is 5.91 Å². The number of carbonyl (C=O) groups excluding carboxylic acids is 1. The molecule has 1 saturated heterocycles. The van der Waals surface area contributed by atoms with Gasteiger partial charge < -0.3 is 5.32 Å². The fraction of sp³-hybridized carbons (Fsp3) is 0.722. The smallest absolute Gasteiger partial charge is 0.349 e. The second-order valence-corrected chi connectivity index (χ2v) is 7.48. The summed E-state index contributed by atoms with van der Waals surface area (Å²) >= 11 is 0. The monoisotopic (exact) mass is 370 g/mol. The van der Waals surface area contributed by atoms with E-state index in [1.807, 2.05) is 13.8 Å². The van der Waals surface area contributed by atoms with Gasteiger partial charge in [0.25, 0.3) is 5.91 Å². The topological polar surface area (TPSA) is 58.1 Å². The highest BCUT2D eigenvalue weighted by Gasteiger charge is 2.34. The summed E-state index contributed by atoms with van der Waals surface area (Å²) in [6.45, 7) is 3.70. The minimum Gasteiger partial charge on any atom is -0.349 e. The average molecular weight is 370 g/mol. The first-order valence-electron chi connectivity index (χ1n) is 9.16. The normalized spacial score (nSPS) is 20.8. The van der Waals surface area contributed by atoms with E-state index in [1.54, 1.807) is 6.20 Å². The second kappa shape index (κ2) is 7.50. The van der Waals surface area contributed by atoms with Crippen molar-refractivity contribution in [3.05, 3.63) is 23.3 Å². The van der Waals surface area contributed by atoms with Gasteiger partial charge in [0, 0.05) is 18.2 Å². The maximum absolute atomic E-state index is 12.7. The molecule has 0 bridgehead atoms. The lowest BCUT2D eigenvalue weighted by Crippen LogP contribution is -2.46. The van der Waals surface area contributed by atoms with Gasteiger partial charge in [0.2, 0.25) is 0 Å². The van der Waals surface area contributed by atoms with Gasteiger partial charge in [-0.25, -0.2) is 9.97 Å². The molecule has 2 aliphatic rings. The van der Waals surface area contributed by atoms with Crippen LogP contribution in [0.1, 0.15) is 60.4 Å². The summed E-state index contributed by atoms with van der Waals surface area (Å²) < 4.78 is 37.4. The molecule has 1 aliphatic heterocycles. The molecule has 2 heterocycles. The van der Waals surface area contributed by atoms with Crippen molar-refractivity contribution < 1.29 is 18.0 Å². The minimum absolute atomic E-state index is 0.0936. The van der Waals surface area contributed by atoms with Crippen LogP contribution in [0.15, 0.2) is 6.20 Å². The minimum atomic E-state index is -4.16. The molecular weight excluding hydrogens is 345 g/mol. The van der Waals surface area contributed by atoms with Crippen LogP contribution >= 0.6 is 0 Å². The molecular formula is C18H25F3N4O. The molecule has 1 aliphatic carbocycles. The van der Waals surface area contributed by atoms with Gasteiger partial charge in [-0.2, -0.15) is 13.2 Å². The number of nitrogens with one attached hydrogen (secondary N) is 1. The van der Waals surface area contributed by atoms with E-state index in [0.29, 0.717) is 43.2 Å². The van der Waals surface area contributed by atoms with Gasteiger partial charge in [0.1, 0.15) is 5.82 Å². The molecule has 1 aromatic rings. The Balaban J connectivity index is 1.56. The molecule has 1 aromatic heterocycles. The molecule has 3 rings (SSSR count). The van der Waals surface area contributed by atoms with Gasteiger partial charge in [0.15, 0.2) is 0 Å². The van der Waals surface area contributed by atoms with Crippen molar-refractivity contribution in [2.24, 2.45) is 5.92 Å². The zero-order valence-corrected chi connectivity index (χ0v) is 15.1. The van der Waals surface area contributed by atoms with E-state index >= 15 is 0 Å². The van der Waals surface area contributed by atoms with E-state index in [2.05, 4.69) is 15.3 Å². The number of likely N-dealkylation sites (tertiary alicyclic amines) is 1. The number of piperidine rings is 1. The van der Waals surface area contributed by atoms with Crippen molar-refractivity contribution in [2.75, 3.05) is 19.6 Å². The average Bonchev–Trinajstić information content (AvgIpc) is 3.38. The summed E-state index contributed by atoms with van der Waals surface area (Å²) in [5.74, 6) is 1.00. The largest absolute Gasteiger partial charge is 0.401 e. The molecule has 1 unspecified atom stereocenters. The highest BCUT2D eigenvalue weighted by Crippen LogP contribution is 2.40. The van der Waals surface area contributed by atoms with Crippen LogP contribution in [0, 0.1) is 12.8 Å². The number of nitrogens with zero attached hydrogens (tertiary/aromatic N) is 3. The van der Waals surface area contributed by atoms with Gasteiger partial charge >= 0.3 is 6.18 Å². The van der Waals surface area contributed by atoms with E-state index in [1.165, 1.54) is 4.90 Å². The Hall–Kier alpha value is -1.70. The zero-order chi connectivity index (χ0) is 18.9. The number of rotatable bonds is 5. The Morgan fingerprint density at radius 1 is 1.31 bits per heavy atom. The van der Waals surface area contributed by atoms with Crippen molar-refractivity contribution in [2.45, 2.75) is 57.7 Å². The van der Waals surface area contributed by atoms with Crippen LogP contribution in [0.3, 0.4) is 0 Å². The Morgan fingerprint density at radius 2 is 1.96 bits per heavy atom. The maximum atomic E-state index is 12.7. The van der Waals surface area contributed by atoms with Crippen LogP contribution in [0.4, 0.5) is 13.2 Å². The standard InChI is InChI=1S/C18H25F3N4O/c1-11(13-5-7-25(8-6-13)10-18(19,20)21)23-17(26)15-9-22-12(2)24-16(15)14-3-4-14/h9,11,13-14H,3-8,10H2,1-2H3,(H,23,26). The van der Waals surface area contributed by atoms with Crippen LogP contribution in [-0.4, -0.2) is 52.6 Å². The summed E-state index contributed by atoms with van der Waals surface area (Å²) in [5, 5.41) is 3.01. The third-order valence-electron chi connectivity index (χ3n) is 5.25. The van der Waals surface area contributed by atoms with Gasteiger partial charge in [-0.05, 0) is 58.5 Å². The maximum Gasteiger partial charge on any atom is 0.401 e. The number of halogens is 3. The van der Waals surface area contributed by atoms with Gasteiger partial charge in [-0.3, -0.25) is 9.69 Å². The fourth-order valence-corrected chi connectivity index (χ4v) is 3.60. The fourth-order valence-electron chi connectivity index (χ4n) is 3.60. The molecule has 5 nitrogen and oxygen atoms in total. The number of hydrogen-bond acceptors (Lipinski definition) is 4. The van der Waals surface area contributed by atoms with Crippen molar-refractivity contribution in [1.29, 1.82) is 0 Å². The van der Waals surface area contributed by atoms with Crippen LogP contribution in [0.5, 0.6) is 0 Å². The van der Waals surface area contributed by atoms with Gasteiger partial charge in [-0.1, -0.05) is 0 Å². The summed E-state index contributed by atoms with van der Waals surface area (Å²) in [6, 6.07) is -0.0936. The highest BCUT2D eigenvalue weighted by atomic mass is 19.4. The van der Waals surface area contributed by atoms with E-state index in [0.717, 1.165) is 18.5 Å². The number of hydrogen-bond donors (Lipinski definition) is 1. The molecule has 8 heteroatoms. The van der Waals surface area contributed by atoms with Crippen molar-refractivity contribution in [1.82, 2.24) is 20.2 Å². The number of aryl methyl sites for hydroxylation is 1. The van der Waals surface area contributed by atoms with Crippen LogP contribution in [-0.2, 0) is 0 Å². The Kier molecular flexibility index (Phi) is 5.50.